The SMILES string of the molecule is Cc1nccc(CN2CC(Cn3nc(C4CC4)ccc3=O)C2)n1. The minimum Gasteiger partial charge on any atom is -0.297 e. The standard InChI is InChI=1S/C17H21N5O/c1-12-18-7-6-15(19-12)11-21-8-13(9-21)10-22-17(23)5-4-16(20-22)14-2-3-14/h4-7,13-14H,2-3,8-11H2,1H3. The topological polar surface area (TPSA) is 63.9 Å². The molecule has 0 spiro atoms. The first-order valence-electron chi connectivity index (χ1n) is 8.26. The molecule has 2 aromatic heterocycles. The first-order chi connectivity index (χ1) is 11.2. The number of aromatic nitrogens is 4. The van der Waals surface area contributed by atoms with E-state index in [0.717, 1.165) is 43.4 Å². The normalized spacial score (nSPS) is 18.8. The van der Waals surface area contributed by atoms with E-state index in [1.807, 2.05) is 25.3 Å². The van der Waals surface area contributed by atoms with Crippen molar-refractivity contribution in [3.8, 4) is 0 Å². The number of likely N-dealkylation sites (tertiary alicyclic amines) is 1. The molecule has 23 heavy (non-hydrogen) atoms. The van der Waals surface area contributed by atoms with Crippen molar-refractivity contribution in [1.29, 1.82) is 0 Å². The molecular weight excluding hydrogens is 290 g/mol. The Morgan fingerprint density at radius 3 is 2.78 bits per heavy atom. The largest absolute Gasteiger partial charge is 0.297 e. The molecule has 6 heteroatoms. The lowest BCUT2D eigenvalue weighted by Gasteiger charge is -2.39. The fraction of sp³-hybridized carbons (Fsp3) is 0.529. The van der Waals surface area contributed by atoms with Gasteiger partial charge in [-0.2, -0.15) is 5.10 Å². The molecule has 4 rings (SSSR count). The van der Waals surface area contributed by atoms with E-state index >= 15 is 0 Å². The Bertz CT molecular complexity index is 762. The van der Waals surface area contributed by atoms with E-state index < -0.39 is 0 Å². The lowest BCUT2D eigenvalue weighted by molar-refractivity contribution is 0.0751. The second-order valence-corrected chi connectivity index (χ2v) is 6.71. The fourth-order valence-corrected chi connectivity index (χ4v) is 3.18. The molecule has 2 fully saturated rings. The van der Waals surface area contributed by atoms with E-state index in [1.54, 1.807) is 10.7 Å². The van der Waals surface area contributed by atoms with Gasteiger partial charge < -0.3 is 0 Å². The second kappa shape index (κ2) is 5.85. The summed E-state index contributed by atoms with van der Waals surface area (Å²) in [5, 5.41) is 4.54. The minimum absolute atomic E-state index is 0.0132. The van der Waals surface area contributed by atoms with E-state index in [9.17, 15) is 4.79 Å². The van der Waals surface area contributed by atoms with Gasteiger partial charge in [-0.05, 0) is 31.9 Å². The van der Waals surface area contributed by atoms with Crippen molar-refractivity contribution in [3.63, 3.8) is 0 Å². The first kappa shape index (κ1) is 14.5. The first-order valence-corrected chi connectivity index (χ1v) is 8.26. The Hall–Kier alpha value is -2.08. The number of rotatable bonds is 5. The summed E-state index contributed by atoms with van der Waals surface area (Å²) in [4.78, 5) is 22.9. The molecule has 0 N–H and O–H groups in total. The Morgan fingerprint density at radius 2 is 2.04 bits per heavy atom. The highest BCUT2D eigenvalue weighted by Crippen LogP contribution is 2.38. The van der Waals surface area contributed by atoms with Gasteiger partial charge in [0.05, 0.1) is 17.9 Å². The predicted molar refractivity (Wildman–Crippen MR) is 86.0 cm³/mol. The van der Waals surface area contributed by atoms with Crippen LogP contribution in [0, 0.1) is 12.8 Å². The third-order valence-electron chi connectivity index (χ3n) is 4.57. The van der Waals surface area contributed by atoms with Crippen molar-refractivity contribution >= 4 is 0 Å². The number of aryl methyl sites for hydroxylation is 1. The van der Waals surface area contributed by atoms with E-state index in [-0.39, 0.29) is 5.56 Å². The average molecular weight is 311 g/mol. The zero-order valence-electron chi connectivity index (χ0n) is 13.4. The summed E-state index contributed by atoms with van der Waals surface area (Å²) >= 11 is 0. The van der Waals surface area contributed by atoms with Crippen LogP contribution in [0.1, 0.15) is 36.0 Å². The van der Waals surface area contributed by atoms with Crippen LogP contribution in [0.25, 0.3) is 0 Å². The van der Waals surface area contributed by atoms with Gasteiger partial charge in [-0.15, -0.1) is 0 Å². The molecule has 0 aromatic carbocycles. The summed E-state index contributed by atoms with van der Waals surface area (Å²) in [7, 11) is 0. The number of hydrogen-bond acceptors (Lipinski definition) is 5. The maximum absolute atomic E-state index is 12.0. The Labute approximate surface area is 135 Å². The fourth-order valence-electron chi connectivity index (χ4n) is 3.18. The molecule has 2 aromatic rings. The van der Waals surface area contributed by atoms with E-state index in [0.29, 0.717) is 11.8 Å². The van der Waals surface area contributed by atoms with Crippen LogP contribution in [0.2, 0.25) is 0 Å². The highest BCUT2D eigenvalue weighted by Gasteiger charge is 2.29. The lowest BCUT2D eigenvalue weighted by atomic mass is 10.00. The predicted octanol–water partition coefficient (Wildman–Crippen LogP) is 1.35. The van der Waals surface area contributed by atoms with Gasteiger partial charge >= 0.3 is 0 Å². The van der Waals surface area contributed by atoms with Crippen LogP contribution in [-0.4, -0.2) is 37.7 Å². The Morgan fingerprint density at radius 1 is 1.22 bits per heavy atom. The molecule has 6 nitrogen and oxygen atoms in total. The van der Waals surface area contributed by atoms with E-state index in [4.69, 9.17) is 0 Å². The summed E-state index contributed by atoms with van der Waals surface area (Å²) in [6.45, 7) is 5.46. The molecule has 1 saturated heterocycles. The zero-order chi connectivity index (χ0) is 15.8. The molecular formula is C17H21N5O. The summed E-state index contributed by atoms with van der Waals surface area (Å²) < 4.78 is 1.66. The maximum atomic E-state index is 12.0. The van der Waals surface area contributed by atoms with Gasteiger partial charge in [0.25, 0.3) is 5.56 Å². The monoisotopic (exact) mass is 311 g/mol. The van der Waals surface area contributed by atoms with Gasteiger partial charge in [-0.3, -0.25) is 9.69 Å². The van der Waals surface area contributed by atoms with E-state index in [2.05, 4.69) is 20.0 Å². The summed E-state index contributed by atoms with van der Waals surface area (Å²) in [6, 6.07) is 5.52. The quantitative estimate of drug-likeness (QED) is 0.834. The molecule has 0 unspecified atom stereocenters. The summed E-state index contributed by atoms with van der Waals surface area (Å²) in [5.41, 5.74) is 2.15. The summed E-state index contributed by atoms with van der Waals surface area (Å²) in [5.74, 6) is 1.89. The number of nitrogens with zero attached hydrogens (tertiary/aromatic N) is 5. The maximum Gasteiger partial charge on any atom is 0.266 e. The lowest BCUT2D eigenvalue weighted by Crippen LogP contribution is -2.49. The molecule has 0 radical (unpaired) electrons. The molecule has 0 atom stereocenters. The van der Waals surface area contributed by atoms with E-state index in [1.165, 1.54) is 12.8 Å². The van der Waals surface area contributed by atoms with Gasteiger partial charge in [0.2, 0.25) is 0 Å². The van der Waals surface area contributed by atoms with Gasteiger partial charge in [-0.1, -0.05) is 0 Å². The third-order valence-corrected chi connectivity index (χ3v) is 4.57. The van der Waals surface area contributed by atoms with Crippen LogP contribution in [0.3, 0.4) is 0 Å². The minimum atomic E-state index is 0.0132. The molecule has 0 bridgehead atoms. The zero-order valence-corrected chi connectivity index (χ0v) is 13.4. The van der Waals surface area contributed by atoms with Crippen LogP contribution in [0.15, 0.2) is 29.2 Å². The molecule has 2 aliphatic rings. The molecule has 1 aliphatic carbocycles. The Kier molecular flexibility index (Phi) is 3.69. The highest BCUT2D eigenvalue weighted by atomic mass is 16.1. The summed E-state index contributed by atoms with van der Waals surface area (Å²) in [6.07, 6.45) is 4.23. The van der Waals surface area contributed by atoms with Crippen molar-refractivity contribution in [2.75, 3.05) is 13.1 Å². The van der Waals surface area contributed by atoms with Gasteiger partial charge in [0.1, 0.15) is 5.82 Å². The second-order valence-electron chi connectivity index (χ2n) is 6.71. The van der Waals surface area contributed by atoms with Crippen LogP contribution >= 0.6 is 0 Å². The van der Waals surface area contributed by atoms with Crippen LogP contribution in [0.5, 0.6) is 0 Å². The van der Waals surface area contributed by atoms with Crippen LogP contribution < -0.4 is 5.56 Å². The molecule has 0 amide bonds. The van der Waals surface area contributed by atoms with Gasteiger partial charge in [0, 0.05) is 43.7 Å². The average Bonchev–Trinajstić information content (AvgIpc) is 3.32. The van der Waals surface area contributed by atoms with Crippen molar-refractivity contribution < 1.29 is 0 Å². The molecule has 1 aliphatic heterocycles. The molecule has 3 heterocycles. The van der Waals surface area contributed by atoms with Gasteiger partial charge in [0.15, 0.2) is 0 Å². The third kappa shape index (κ3) is 3.32. The smallest absolute Gasteiger partial charge is 0.266 e. The van der Waals surface area contributed by atoms with Crippen LogP contribution in [-0.2, 0) is 13.1 Å². The van der Waals surface area contributed by atoms with Crippen molar-refractivity contribution in [2.45, 2.75) is 38.8 Å². The number of hydrogen-bond donors (Lipinski definition) is 0. The van der Waals surface area contributed by atoms with Crippen molar-refractivity contribution in [3.05, 3.63) is 52.0 Å². The van der Waals surface area contributed by atoms with Gasteiger partial charge in [-0.25, -0.2) is 14.6 Å². The highest BCUT2D eigenvalue weighted by molar-refractivity contribution is 5.12. The molecule has 120 valence electrons. The van der Waals surface area contributed by atoms with Crippen molar-refractivity contribution in [1.82, 2.24) is 24.6 Å². The Balaban J connectivity index is 1.34. The van der Waals surface area contributed by atoms with Crippen LogP contribution in [0.4, 0.5) is 0 Å². The molecule has 1 saturated carbocycles. The van der Waals surface area contributed by atoms with Crippen molar-refractivity contribution in [2.24, 2.45) is 5.92 Å².